The summed E-state index contributed by atoms with van der Waals surface area (Å²) in [7, 11) is 1.60. The Labute approximate surface area is 166 Å². The first-order valence-electron chi connectivity index (χ1n) is 8.83. The number of alkyl halides is 3. The van der Waals surface area contributed by atoms with E-state index in [0.29, 0.717) is 37.6 Å². The predicted molar refractivity (Wildman–Crippen MR) is 104 cm³/mol. The van der Waals surface area contributed by atoms with Crippen LogP contribution >= 0.6 is 11.8 Å². The summed E-state index contributed by atoms with van der Waals surface area (Å²) in [4.78, 5) is 17.1. The Morgan fingerprint density at radius 2 is 1.75 bits per heavy atom. The molecule has 1 aliphatic rings. The SMILES string of the molecule is COc1ccc(SCC(=O)N2CCN(c3cccc(C(F)(F)F)c3)CC2)cc1. The molecule has 0 spiro atoms. The lowest BCUT2D eigenvalue weighted by atomic mass is 10.1. The molecule has 1 amide bonds. The maximum Gasteiger partial charge on any atom is 0.416 e. The lowest BCUT2D eigenvalue weighted by Crippen LogP contribution is -2.49. The highest BCUT2D eigenvalue weighted by Crippen LogP contribution is 2.32. The fraction of sp³-hybridized carbons (Fsp3) is 0.350. The van der Waals surface area contributed by atoms with Gasteiger partial charge < -0.3 is 14.5 Å². The molecule has 1 saturated heterocycles. The third kappa shape index (κ3) is 5.13. The van der Waals surface area contributed by atoms with Crippen molar-refractivity contribution in [2.75, 3.05) is 43.9 Å². The van der Waals surface area contributed by atoms with Gasteiger partial charge >= 0.3 is 6.18 Å². The molecule has 0 radical (unpaired) electrons. The number of piperazine rings is 1. The van der Waals surface area contributed by atoms with Crippen molar-refractivity contribution in [3.63, 3.8) is 0 Å². The molecule has 0 atom stereocenters. The third-order valence-corrected chi connectivity index (χ3v) is 5.59. The van der Waals surface area contributed by atoms with Crippen molar-refractivity contribution in [3.05, 3.63) is 54.1 Å². The van der Waals surface area contributed by atoms with Gasteiger partial charge in [-0.15, -0.1) is 11.8 Å². The number of thioether (sulfide) groups is 1. The second kappa shape index (κ2) is 8.77. The summed E-state index contributed by atoms with van der Waals surface area (Å²) in [5.74, 6) is 1.13. The molecule has 1 aliphatic heterocycles. The Bertz CT molecular complexity index is 804. The molecule has 3 rings (SSSR count). The molecular formula is C20H21F3N2O2S. The number of hydrogen-bond acceptors (Lipinski definition) is 4. The summed E-state index contributed by atoms with van der Waals surface area (Å²) in [5, 5.41) is 0. The Morgan fingerprint density at radius 3 is 2.36 bits per heavy atom. The Balaban J connectivity index is 1.51. The number of carbonyl (C=O) groups is 1. The van der Waals surface area contributed by atoms with Crippen LogP contribution < -0.4 is 9.64 Å². The van der Waals surface area contributed by atoms with Gasteiger partial charge in [0.15, 0.2) is 0 Å². The number of benzene rings is 2. The van der Waals surface area contributed by atoms with Crippen LogP contribution in [-0.2, 0) is 11.0 Å². The van der Waals surface area contributed by atoms with E-state index in [9.17, 15) is 18.0 Å². The van der Waals surface area contributed by atoms with Crippen LogP contribution in [-0.4, -0.2) is 49.8 Å². The van der Waals surface area contributed by atoms with Gasteiger partial charge in [0.2, 0.25) is 5.91 Å². The summed E-state index contributed by atoms with van der Waals surface area (Å²) in [6.07, 6.45) is -4.35. The van der Waals surface area contributed by atoms with Gasteiger partial charge in [0.1, 0.15) is 5.75 Å². The average molecular weight is 410 g/mol. The smallest absolute Gasteiger partial charge is 0.416 e. The monoisotopic (exact) mass is 410 g/mol. The van der Waals surface area contributed by atoms with E-state index in [0.717, 1.165) is 22.8 Å². The minimum Gasteiger partial charge on any atom is -0.497 e. The standard InChI is InChI=1S/C20H21F3N2O2S/c1-27-17-5-7-18(8-6-17)28-14-19(26)25-11-9-24(10-12-25)16-4-2-3-15(13-16)20(21,22)23/h2-8,13H,9-12,14H2,1H3. The molecule has 28 heavy (non-hydrogen) atoms. The van der Waals surface area contributed by atoms with Crippen LogP contribution in [0, 0.1) is 0 Å². The Kier molecular flexibility index (Phi) is 6.39. The van der Waals surface area contributed by atoms with E-state index in [-0.39, 0.29) is 5.91 Å². The van der Waals surface area contributed by atoms with Crippen LogP contribution in [0.1, 0.15) is 5.56 Å². The third-order valence-electron chi connectivity index (χ3n) is 4.59. The normalized spacial score (nSPS) is 14.9. The summed E-state index contributed by atoms with van der Waals surface area (Å²) >= 11 is 1.46. The highest BCUT2D eigenvalue weighted by Gasteiger charge is 2.31. The fourth-order valence-electron chi connectivity index (χ4n) is 3.00. The number of rotatable bonds is 5. The first-order valence-corrected chi connectivity index (χ1v) is 9.82. The highest BCUT2D eigenvalue weighted by molar-refractivity contribution is 8.00. The number of nitrogens with zero attached hydrogens (tertiary/aromatic N) is 2. The summed E-state index contributed by atoms with van der Waals surface area (Å²) < 4.78 is 43.8. The van der Waals surface area contributed by atoms with Crippen molar-refractivity contribution >= 4 is 23.4 Å². The predicted octanol–water partition coefficient (Wildman–Crippen LogP) is 4.15. The van der Waals surface area contributed by atoms with Crippen LogP contribution in [0.15, 0.2) is 53.4 Å². The molecule has 2 aromatic carbocycles. The molecule has 8 heteroatoms. The largest absolute Gasteiger partial charge is 0.497 e. The topological polar surface area (TPSA) is 32.8 Å². The van der Waals surface area contributed by atoms with Crippen molar-refractivity contribution in [1.82, 2.24) is 4.90 Å². The van der Waals surface area contributed by atoms with Crippen LogP contribution in [0.25, 0.3) is 0 Å². The van der Waals surface area contributed by atoms with E-state index in [1.54, 1.807) is 18.1 Å². The van der Waals surface area contributed by atoms with Crippen molar-refractivity contribution in [2.45, 2.75) is 11.1 Å². The first kappa shape index (κ1) is 20.4. The van der Waals surface area contributed by atoms with Crippen LogP contribution in [0.5, 0.6) is 5.75 Å². The van der Waals surface area contributed by atoms with Gasteiger partial charge in [0, 0.05) is 36.8 Å². The number of halogens is 3. The average Bonchev–Trinajstić information content (AvgIpc) is 2.72. The maximum absolute atomic E-state index is 12.9. The summed E-state index contributed by atoms with van der Waals surface area (Å²) in [6.45, 7) is 2.02. The highest BCUT2D eigenvalue weighted by atomic mass is 32.2. The van der Waals surface area contributed by atoms with Crippen molar-refractivity contribution in [3.8, 4) is 5.75 Å². The van der Waals surface area contributed by atoms with Crippen molar-refractivity contribution in [2.24, 2.45) is 0 Å². The number of anilines is 1. The van der Waals surface area contributed by atoms with Gasteiger partial charge in [-0.3, -0.25) is 4.79 Å². The Morgan fingerprint density at radius 1 is 1.07 bits per heavy atom. The lowest BCUT2D eigenvalue weighted by Gasteiger charge is -2.36. The minimum absolute atomic E-state index is 0.0320. The van der Waals surface area contributed by atoms with E-state index in [1.165, 1.54) is 17.8 Å². The number of hydrogen-bond donors (Lipinski definition) is 0. The Hall–Kier alpha value is -2.35. The summed E-state index contributed by atoms with van der Waals surface area (Å²) in [6, 6.07) is 12.8. The van der Waals surface area contributed by atoms with Crippen molar-refractivity contribution < 1.29 is 22.7 Å². The quantitative estimate of drug-likeness (QED) is 0.694. The molecule has 0 aromatic heterocycles. The molecule has 150 valence electrons. The van der Waals surface area contributed by atoms with Gasteiger partial charge in [-0.2, -0.15) is 13.2 Å². The number of ether oxygens (including phenoxy) is 1. The van der Waals surface area contributed by atoms with Crippen LogP contribution in [0.4, 0.5) is 18.9 Å². The number of amides is 1. The van der Waals surface area contributed by atoms with Crippen LogP contribution in [0.3, 0.4) is 0 Å². The second-order valence-electron chi connectivity index (χ2n) is 6.38. The molecule has 2 aromatic rings. The van der Waals surface area contributed by atoms with Gasteiger partial charge in [-0.25, -0.2) is 0 Å². The zero-order chi connectivity index (χ0) is 20.1. The molecule has 1 heterocycles. The zero-order valence-electron chi connectivity index (χ0n) is 15.4. The minimum atomic E-state index is -4.35. The molecule has 0 saturated carbocycles. The maximum atomic E-state index is 12.9. The molecule has 0 N–H and O–H groups in total. The van der Waals surface area contributed by atoms with Crippen LogP contribution in [0.2, 0.25) is 0 Å². The fourth-order valence-corrected chi connectivity index (χ4v) is 3.80. The van der Waals surface area contributed by atoms with E-state index in [2.05, 4.69) is 0 Å². The van der Waals surface area contributed by atoms with E-state index in [4.69, 9.17) is 4.74 Å². The molecule has 4 nitrogen and oxygen atoms in total. The molecule has 1 fully saturated rings. The van der Waals surface area contributed by atoms with Crippen molar-refractivity contribution in [1.29, 1.82) is 0 Å². The van der Waals surface area contributed by atoms with Gasteiger partial charge in [0.25, 0.3) is 0 Å². The van der Waals surface area contributed by atoms with E-state index >= 15 is 0 Å². The number of methoxy groups -OCH3 is 1. The zero-order valence-corrected chi connectivity index (χ0v) is 16.2. The van der Waals surface area contributed by atoms with Gasteiger partial charge in [0.05, 0.1) is 18.4 Å². The molecule has 0 aliphatic carbocycles. The molecule has 0 bridgehead atoms. The first-order chi connectivity index (χ1) is 13.4. The summed E-state index contributed by atoms with van der Waals surface area (Å²) in [5.41, 5.74) is -0.117. The second-order valence-corrected chi connectivity index (χ2v) is 7.43. The molecular weight excluding hydrogens is 389 g/mol. The van der Waals surface area contributed by atoms with Gasteiger partial charge in [-0.1, -0.05) is 6.07 Å². The lowest BCUT2D eigenvalue weighted by molar-refractivity contribution is -0.137. The van der Waals surface area contributed by atoms with E-state index in [1.807, 2.05) is 29.2 Å². The van der Waals surface area contributed by atoms with Gasteiger partial charge in [-0.05, 0) is 42.5 Å². The molecule has 0 unspecified atom stereocenters. The van der Waals surface area contributed by atoms with E-state index < -0.39 is 11.7 Å². The number of carbonyl (C=O) groups excluding carboxylic acids is 1.